The van der Waals surface area contributed by atoms with Gasteiger partial charge < -0.3 is 9.84 Å². The Morgan fingerprint density at radius 3 is 2.33 bits per heavy atom. The zero-order chi connectivity index (χ0) is 17.4. The third kappa shape index (κ3) is 5.82. The summed E-state index contributed by atoms with van der Waals surface area (Å²) in [5.41, 5.74) is 2.12. The van der Waals surface area contributed by atoms with Gasteiger partial charge in [-0.25, -0.2) is 0 Å². The number of halogens is 1. The van der Waals surface area contributed by atoms with Crippen LogP contribution in [0.5, 0.6) is 5.75 Å². The summed E-state index contributed by atoms with van der Waals surface area (Å²) in [5.74, 6) is 0.861. The Balaban J connectivity index is 2.01. The van der Waals surface area contributed by atoms with Gasteiger partial charge in [0.1, 0.15) is 5.75 Å². The summed E-state index contributed by atoms with van der Waals surface area (Å²) >= 11 is 5.92. The van der Waals surface area contributed by atoms with Crippen LogP contribution in [-0.2, 0) is 6.54 Å². The molecule has 0 saturated heterocycles. The molecule has 130 valence electrons. The Kier molecular flexibility index (Phi) is 7.57. The van der Waals surface area contributed by atoms with Crippen LogP contribution in [0.4, 0.5) is 0 Å². The molecule has 2 aromatic rings. The highest BCUT2D eigenvalue weighted by molar-refractivity contribution is 6.30. The average Bonchev–Trinajstić information content (AvgIpc) is 2.60. The third-order valence-corrected chi connectivity index (χ3v) is 4.33. The smallest absolute Gasteiger partial charge is 0.118 e. The molecule has 0 radical (unpaired) electrons. The minimum Gasteiger partial charge on any atom is -0.497 e. The molecule has 0 aliphatic heterocycles. The lowest BCUT2D eigenvalue weighted by atomic mass is 10.1. The summed E-state index contributed by atoms with van der Waals surface area (Å²) in [5, 5.41) is 11.2. The van der Waals surface area contributed by atoms with Crippen molar-refractivity contribution < 1.29 is 9.84 Å². The first-order chi connectivity index (χ1) is 11.6. The largest absolute Gasteiger partial charge is 0.497 e. The van der Waals surface area contributed by atoms with Crippen molar-refractivity contribution in [2.75, 3.05) is 20.2 Å². The molecular weight excluding hydrogens is 322 g/mol. The summed E-state index contributed by atoms with van der Waals surface area (Å²) in [6, 6.07) is 15.5. The molecule has 1 unspecified atom stereocenters. The summed E-state index contributed by atoms with van der Waals surface area (Å²) in [4.78, 5) is 2.30. The van der Waals surface area contributed by atoms with Gasteiger partial charge in [-0.2, -0.15) is 0 Å². The number of ether oxygens (including phenoxy) is 1. The standard InChI is InChI=1S/C20H26ClNO2/c1-3-4-13-22(14-16-5-11-19(24-2)12-6-16)15-20(23)17-7-9-18(21)10-8-17/h5-12,20,23H,3-4,13-15H2,1-2H3. The second-order valence-electron chi connectivity index (χ2n) is 6.00. The van der Waals surface area contributed by atoms with Crippen LogP contribution in [0.1, 0.15) is 37.0 Å². The van der Waals surface area contributed by atoms with E-state index in [9.17, 15) is 5.11 Å². The van der Waals surface area contributed by atoms with Gasteiger partial charge in [-0.1, -0.05) is 49.2 Å². The number of hydrogen-bond donors (Lipinski definition) is 1. The summed E-state index contributed by atoms with van der Waals surface area (Å²) in [7, 11) is 1.67. The second kappa shape index (κ2) is 9.67. The quantitative estimate of drug-likeness (QED) is 0.714. The van der Waals surface area contributed by atoms with Gasteiger partial charge in [0.2, 0.25) is 0 Å². The molecule has 0 bridgehead atoms. The lowest BCUT2D eigenvalue weighted by Crippen LogP contribution is -2.29. The third-order valence-electron chi connectivity index (χ3n) is 4.08. The van der Waals surface area contributed by atoms with E-state index in [-0.39, 0.29) is 0 Å². The van der Waals surface area contributed by atoms with Crippen molar-refractivity contribution in [1.29, 1.82) is 0 Å². The van der Waals surface area contributed by atoms with Gasteiger partial charge in [0.15, 0.2) is 0 Å². The Morgan fingerprint density at radius 2 is 1.75 bits per heavy atom. The molecular formula is C20H26ClNO2. The molecule has 1 N–H and O–H groups in total. The van der Waals surface area contributed by atoms with Gasteiger partial charge in [-0.15, -0.1) is 0 Å². The Bertz CT molecular complexity index is 598. The lowest BCUT2D eigenvalue weighted by Gasteiger charge is -2.25. The summed E-state index contributed by atoms with van der Waals surface area (Å²) in [6.45, 7) is 4.57. The SMILES string of the molecule is CCCCN(Cc1ccc(OC)cc1)CC(O)c1ccc(Cl)cc1. The van der Waals surface area contributed by atoms with Crippen molar-refractivity contribution in [2.24, 2.45) is 0 Å². The molecule has 2 aromatic carbocycles. The van der Waals surface area contributed by atoms with E-state index in [1.54, 1.807) is 7.11 Å². The van der Waals surface area contributed by atoms with E-state index in [1.165, 1.54) is 5.56 Å². The van der Waals surface area contributed by atoms with E-state index in [0.29, 0.717) is 11.6 Å². The fraction of sp³-hybridized carbons (Fsp3) is 0.400. The fourth-order valence-electron chi connectivity index (χ4n) is 2.64. The zero-order valence-corrected chi connectivity index (χ0v) is 15.2. The highest BCUT2D eigenvalue weighted by atomic mass is 35.5. The minimum atomic E-state index is -0.516. The lowest BCUT2D eigenvalue weighted by molar-refractivity contribution is 0.108. The van der Waals surface area contributed by atoms with Crippen LogP contribution in [0.25, 0.3) is 0 Å². The molecule has 0 heterocycles. The average molecular weight is 348 g/mol. The second-order valence-corrected chi connectivity index (χ2v) is 6.44. The first-order valence-electron chi connectivity index (χ1n) is 8.41. The monoisotopic (exact) mass is 347 g/mol. The molecule has 2 rings (SSSR count). The topological polar surface area (TPSA) is 32.7 Å². The Labute approximate surface area is 149 Å². The van der Waals surface area contributed by atoms with E-state index < -0.39 is 6.10 Å². The Hall–Kier alpha value is -1.55. The molecule has 0 fully saturated rings. The molecule has 0 amide bonds. The van der Waals surface area contributed by atoms with Crippen LogP contribution in [0.3, 0.4) is 0 Å². The number of aliphatic hydroxyl groups excluding tert-OH is 1. The van der Waals surface area contributed by atoms with Crippen LogP contribution in [0, 0.1) is 0 Å². The van der Waals surface area contributed by atoms with E-state index >= 15 is 0 Å². The van der Waals surface area contributed by atoms with E-state index in [4.69, 9.17) is 16.3 Å². The molecule has 0 aliphatic carbocycles. The highest BCUT2D eigenvalue weighted by Crippen LogP contribution is 2.19. The van der Waals surface area contributed by atoms with E-state index in [2.05, 4.69) is 24.0 Å². The first-order valence-corrected chi connectivity index (χ1v) is 8.79. The van der Waals surface area contributed by atoms with Crippen molar-refractivity contribution in [1.82, 2.24) is 4.90 Å². The maximum Gasteiger partial charge on any atom is 0.118 e. The van der Waals surface area contributed by atoms with Gasteiger partial charge >= 0.3 is 0 Å². The summed E-state index contributed by atoms with van der Waals surface area (Å²) < 4.78 is 5.21. The predicted octanol–water partition coefficient (Wildman–Crippen LogP) is 4.68. The fourth-order valence-corrected chi connectivity index (χ4v) is 2.77. The van der Waals surface area contributed by atoms with Gasteiger partial charge in [0.05, 0.1) is 13.2 Å². The normalized spacial score (nSPS) is 12.4. The number of unbranched alkanes of at least 4 members (excludes halogenated alkanes) is 1. The maximum atomic E-state index is 10.5. The van der Waals surface area contributed by atoms with Crippen LogP contribution >= 0.6 is 11.6 Å². The number of benzene rings is 2. The van der Waals surface area contributed by atoms with Gasteiger partial charge in [0, 0.05) is 18.1 Å². The molecule has 0 spiro atoms. The van der Waals surface area contributed by atoms with Gasteiger partial charge in [0.25, 0.3) is 0 Å². The van der Waals surface area contributed by atoms with E-state index in [1.807, 2.05) is 36.4 Å². The van der Waals surface area contributed by atoms with Crippen LogP contribution in [-0.4, -0.2) is 30.2 Å². The van der Waals surface area contributed by atoms with E-state index in [0.717, 1.165) is 37.2 Å². The number of aliphatic hydroxyl groups is 1. The molecule has 3 nitrogen and oxygen atoms in total. The molecule has 4 heteroatoms. The van der Waals surface area contributed by atoms with Crippen molar-refractivity contribution in [3.8, 4) is 5.75 Å². The number of rotatable bonds is 9. The zero-order valence-electron chi connectivity index (χ0n) is 14.4. The van der Waals surface area contributed by atoms with Crippen LogP contribution < -0.4 is 4.74 Å². The molecule has 0 aliphatic rings. The molecule has 0 aromatic heterocycles. The summed E-state index contributed by atoms with van der Waals surface area (Å²) in [6.07, 6.45) is 1.73. The van der Waals surface area contributed by atoms with Gasteiger partial charge in [-0.05, 0) is 48.4 Å². The Morgan fingerprint density at radius 1 is 1.08 bits per heavy atom. The number of hydrogen-bond acceptors (Lipinski definition) is 3. The number of methoxy groups -OCH3 is 1. The van der Waals surface area contributed by atoms with Crippen molar-refractivity contribution in [3.05, 3.63) is 64.7 Å². The molecule has 1 atom stereocenters. The van der Waals surface area contributed by atoms with Gasteiger partial charge in [-0.3, -0.25) is 4.90 Å². The van der Waals surface area contributed by atoms with Crippen LogP contribution in [0.2, 0.25) is 5.02 Å². The van der Waals surface area contributed by atoms with Crippen LogP contribution in [0.15, 0.2) is 48.5 Å². The van der Waals surface area contributed by atoms with Crippen molar-refractivity contribution in [2.45, 2.75) is 32.4 Å². The highest BCUT2D eigenvalue weighted by Gasteiger charge is 2.14. The maximum absolute atomic E-state index is 10.5. The van der Waals surface area contributed by atoms with Crippen molar-refractivity contribution >= 4 is 11.6 Å². The van der Waals surface area contributed by atoms with Crippen molar-refractivity contribution in [3.63, 3.8) is 0 Å². The first kappa shape index (κ1) is 18.8. The minimum absolute atomic E-state index is 0.516. The number of nitrogens with zero attached hydrogens (tertiary/aromatic N) is 1. The molecule has 24 heavy (non-hydrogen) atoms. The predicted molar refractivity (Wildman–Crippen MR) is 99.6 cm³/mol. The molecule has 0 saturated carbocycles.